The Balaban J connectivity index is 0.00000625. The predicted octanol–water partition coefficient (Wildman–Crippen LogP) is 5.84. The summed E-state index contributed by atoms with van der Waals surface area (Å²) < 4.78 is 18.2. The van der Waals surface area contributed by atoms with Crippen molar-refractivity contribution in [1.82, 2.24) is 20.2 Å². The molecule has 0 aliphatic carbocycles. The highest BCUT2D eigenvalue weighted by Crippen LogP contribution is 2.41. The van der Waals surface area contributed by atoms with Crippen LogP contribution >= 0.6 is 28.3 Å². The van der Waals surface area contributed by atoms with Gasteiger partial charge in [0, 0.05) is 54.7 Å². The molecule has 0 spiro atoms. The third-order valence-corrected chi connectivity index (χ3v) is 8.38. The standard InChI is InChI=1S/C34H43N5O7S.BrH/c1-6-44-25-18-22-19-39(32(35)29(22)38-30(25)33(43)36-5)20-24(40)21-16-23(34(2,3)4)31(46-13-8-7-11-28(41)42)26(17-21)45-14-9-10-27-37-12-15-47-27;/h12,15-18,35H,6-11,13-14,19-20H2,1-5H3,(H,36,43)(H,41,42);1H. The Labute approximate surface area is 295 Å². The number of fused-ring (bicyclic) bond motifs is 1. The van der Waals surface area contributed by atoms with Crippen LogP contribution in [0, 0.1) is 5.41 Å². The van der Waals surface area contributed by atoms with Crippen molar-refractivity contribution < 1.29 is 33.7 Å². The molecule has 14 heteroatoms. The number of aromatic nitrogens is 2. The minimum atomic E-state index is -0.848. The van der Waals surface area contributed by atoms with Crippen LogP contribution in [0.5, 0.6) is 17.2 Å². The van der Waals surface area contributed by atoms with Gasteiger partial charge in [-0.15, -0.1) is 28.3 Å². The van der Waals surface area contributed by atoms with Gasteiger partial charge in [0.15, 0.2) is 28.7 Å². The number of amidine groups is 1. The molecule has 12 nitrogen and oxygen atoms in total. The SMILES string of the molecule is Br.CCOc1cc2c(nc1C(=O)NC)C(=N)N(CC(=O)c1cc(OCCCc3nccs3)c(OCCCCC(=O)O)c(C(C)(C)C)c1)C2. The van der Waals surface area contributed by atoms with Crippen LogP contribution < -0.4 is 19.5 Å². The number of rotatable bonds is 17. The topological polar surface area (TPSA) is 164 Å². The van der Waals surface area contributed by atoms with Crippen molar-refractivity contribution in [3.63, 3.8) is 0 Å². The number of carbonyl (C=O) groups is 3. The highest BCUT2D eigenvalue weighted by molar-refractivity contribution is 8.93. The second-order valence-electron chi connectivity index (χ2n) is 12.2. The van der Waals surface area contributed by atoms with Gasteiger partial charge < -0.3 is 29.5 Å². The number of carboxylic acid groups (broad SMARTS) is 1. The summed E-state index contributed by atoms with van der Waals surface area (Å²) in [5.41, 5.74) is 1.92. The molecule has 1 aromatic carbocycles. The van der Waals surface area contributed by atoms with E-state index >= 15 is 0 Å². The molecule has 48 heavy (non-hydrogen) atoms. The molecule has 2 aromatic heterocycles. The van der Waals surface area contributed by atoms with E-state index in [4.69, 9.17) is 24.7 Å². The minimum Gasteiger partial charge on any atom is -0.491 e. The summed E-state index contributed by atoms with van der Waals surface area (Å²) in [5.74, 6) is -0.124. The lowest BCUT2D eigenvalue weighted by atomic mass is 9.84. The number of ketones is 1. The molecule has 0 fully saturated rings. The molecular formula is C34H44BrN5O7S. The zero-order valence-corrected chi connectivity index (χ0v) is 30.5. The fraction of sp³-hybridized carbons (Fsp3) is 0.471. The Morgan fingerprint density at radius 2 is 1.81 bits per heavy atom. The fourth-order valence-electron chi connectivity index (χ4n) is 5.15. The maximum Gasteiger partial charge on any atom is 0.303 e. The number of carbonyl (C=O) groups excluding carboxylic acids is 2. The predicted molar refractivity (Wildman–Crippen MR) is 189 cm³/mol. The zero-order valence-electron chi connectivity index (χ0n) is 28.0. The molecule has 260 valence electrons. The number of hydrogen-bond acceptors (Lipinski definition) is 10. The number of hydrogen-bond donors (Lipinski definition) is 3. The molecule has 0 saturated carbocycles. The van der Waals surface area contributed by atoms with E-state index in [1.807, 2.05) is 39.1 Å². The number of carboxylic acids is 1. The molecule has 1 aliphatic rings. The average molecular weight is 747 g/mol. The van der Waals surface area contributed by atoms with E-state index in [9.17, 15) is 14.4 Å². The number of benzene rings is 1. The first-order valence-electron chi connectivity index (χ1n) is 15.7. The number of aryl methyl sites for hydroxylation is 1. The summed E-state index contributed by atoms with van der Waals surface area (Å²) in [5, 5.41) is 23.3. The summed E-state index contributed by atoms with van der Waals surface area (Å²) in [7, 11) is 1.50. The first-order chi connectivity index (χ1) is 22.4. The number of halogens is 1. The van der Waals surface area contributed by atoms with Gasteiger partial charge in [-0.05, 0) is 49.8 Å². The number of Topliss-reactive ketones (excluding diaryl/α,β-unsaturated/α-hetero) is 1. The van der Waals surface area contributed by atoms with E-state index in [2.05, 4.69) is 15.3 Å². The largest absolute Gasteiger partial charge is 0.491 e. The van der Waals surface area contributed by atoms with E-state index in [0.717, 1.165) is 17.0 Å². The van der Waals surface area contributed by atoms with Gasteiger partial charge in [-0.2, -0.15) is 0 Å². The minimum absolute atomic E-state index is 0. The van der Waals surface area contributed by atoms with Crippen molar-refractivity contribution >= 4 is 51.8 Å². The zero-order chi connectivity index (χ0) is 34.1. The lowest BCUT2D eigenvalue weighted by molar-refractivity contribution is -0.137. The molecule has 3 heterocycles. The van der Waals surface area contributed by atoms with Gasteiger partial charge >= 0.3 is 5.97 Å². The molecule has 0 unspecified atom stereocenters. The Hall–Kier alpha value is -4.04. The summed E-state index contributed by atoms with van der Waals surface area (Å²) >= 11 is 1.59. The quantitative estimate of drug-likeness (QED) is 0.113. The van der Waals surface area contributed by atoms with E-state index in [1.54, 1.807) is 34.6 Å². The van der Waals surface area contributed by atoms with Gasteiger partial charge in [-0.1, -0.05) is 20.8 Å². The van der Waals surface area contributed by atoms with Crippen LogP contribution in [0.2, 0.25) is 0 Å². The second kappa shape index (κ2) is 17.4. The van der Waals surface area contributed by atoms with Crippen LogP contribution in [0.25, 0.3) is 0 Å². The molecule has 0 bridgehead atoms. The third-order valence-electron chi connectivity index (χ3n) is 7.54. The van der Waals surface area contributed by atoms with E-state index in [1.165, 1.54) is 7.05 Å². The number of aliphatic carboxylic acids is 1. The average Bonchev–Trinajstić information content (AvgIpc) is 3.65. The van der Waals surface area contributed by atoms with Crippen molar-refractivity contribution in [2.45, 2.75) is 71.8 Å². The molecule has 3 N–H and O–H groups in total. The molecule has 1 amide bonds. The van der Waals surface area contributed by atoms with Gasteiger partial charge in [0.1, 0.15) is 11.5 Å². The maximum atomic E-state index is 13.9. The van der Waals surface area contributed by atoms with Crippen molar-refractivity contribution in [3.05, 3.63) is 62.9 Å². The molecule has 4 rings (SSSR count). The van der Waals surface area contributed by atoms with Crippen molar-refractivity contribution in [2.75, 3.05) is 33.4 Å². The summed E-state index contributed by atoms with van der Waals surface area (Å²) in [6.07, 6.45) is 4.34. The lowest BCUT2D eigenvalue weighted by Gasteiger charge is -2.26. The third kappa shape index (κ3) is 9.75. The van der Waals surface area contributed by atoms with E-state index in [0.29, 0.717) is 73.2 Å². The number of pyridine rings is 1. The van der Waals surface area contributed by atoms with E-state index in [-0.39, 0.29) is 53.8 Å². The molecule has 0 radical (unpaired) electrons. The van der Waals surface area contributed by atoms with Gasteiger partial charge in [-0.3, -0.25) is 19.8 Å². The summed E-state index contributed by atoms with van der Waals surface area (Å²) in [4.78, 5) is 47.7. The number of ether oxygens (including phenoxy) is 3. The molecule has 0 atom stereocenters. The van der Waals surface area contributed by atoms with Gasteiger partial charge in [0.25, 0.3) is 5.91 Å². The Morgan fingerprint density at radius 3 is 2.46 bits per heavy atom. The van der Waals surface area contributed by atoms with Crippen LogP contribution in [0.1, 0.15) is 96.1 Å². The van der Waals surface area contributed by atoms with Gasteiger partial charge in [-0.25, -0.2) is 9.97 Å². The normalized spacial score (nSPS) is 12.3. The first-order valence-corrected chi connectivity index (χ1v) is 16.6. The van der Waals surface area contributed by atoms with Crippen molar-refractivity contribution in [1.29, 1.82) is 5.41 Å². The summed E-state index contributed by atoms with van der Waals surface area (Å²) in [6, 6.07) is 5.22. The van der Waals surface area contributed by atoms with Crippen LogP contribution in [0.15, 0.2) is 29.8 Å². The summed E-state index contributed by atoms with van der Waals surface area (Å²) in [6.45, 7) is 9.10. The van der Waals surface area contributed by atoms with E-state index < -0.39 is 17.3 Å². The first kappa shape index (κ1) is 38.4. The van der Waals surface area contributed by atoms with Crippen molar-refractivity contribution in [3.8, 4) is 17.2 Å². The van der Waals surface area contributed by atoms with Crippen LogP contribution in [0.4, 0.5) is 0 Å². The highest BCUT2D eigenvalue weighted by atomic mass is 79.9. The molecule has 1 aliphatic heterocycles. The van der Waals surface area contributed by atoms with Gasteiger partial charge in [0.2, 0.25) is 0 Å². The smallest absolute Gasteiger partial charge is 0.303 e. The number of unbranched alkanes of at least 4 members (excludes halogenated alkanes) is 1. The second-order valence-corrected chi connectivity index (χ2v) is 13.1. The number of nitrogens with zero attached hydrogens (tertiary/aromatic N) is 3. The molecule has 3 aromatic rings. The van der Waals surface area contributed by atoms with Crippen molar-refractivity contribution in [2.24, 2.45) is 0 Å². The lowest BCUT2D eigenvalue weighted by Crippen LogP contribution is -2.31. The van der Waals surface area contributed by atoms with Crippen LogP contribution in [-0.2, 0) is 23.2 Å². The monoisotopic (exact) mass is 745 g/mol. The van der Waals surface area contributed by atoms with Gasteiger partial charge in [0.05, 0.1) is 31.4 Å². The Morgan fingerprint density at radius 1 is 1.06 bits per heavy atom. The molecule has 0 saturated heterocycles. The fourth-order valence-corrected chi connectivity index (χ4v) is 5.81. The maximum absolute atomic E-state index is 13.9. The molecular weight excluding hydrogens is 702 g/mol. The number of nitrogens with one attached hydrogen (secondary N) is 2. The number of thiazole rings is 1. The highest BCUT2D eigenvalue weighted by Gasteiger charge is 2.32. The van der Waals surface area contributed by atoms with Crippen LogP contribution in [-0.4, -0.2) is 76.9 Å². The Kier molecular flexibility index (Phi) is 13.9. The number of amides is 1. The van der Waals surface area contributed by atoms with Crippen LogP contribution in [0.3, 0.4) is 0 Å². The Bertz CT molecular complexity index is 1610.